The van der Waals surface area contributed by atoms with Crippen molar-refractivity contribution >= 4 is 29.1 Å². The van der Waals surface area contributed by atoms with E-state index in [1.165, 1.54) is 11.3 Å². The molecule has 0 saturated carbocycles. The molecule has 0 aliphatic carbocycles. The van der Waals surface area contributed by atoms with Gasteiger partial charge in [0.1, 0.15) is 6.04 Å². The first-order valence-electron chi connectivity index (χ1n) is 5.30. The number of carbonyl (C=O) groups excluding carboxylic acids is 2. The van der Waals surface area contributed by atoms with Crippen LogP contribution in [0.4, 0.5) is 0 Å². The van der Waals surface area contributed by atoms with Gasteiger partial charge >= 0.3 is 5.97 Å². The minimum Gasteiger partial charge on any atom is -0.480 e. The molecule has 6 nitrogen and oxygen atoms in total. The highest BCUT2D eigenvalue weighted by Gasteiger charge is 2.20. The maximum absolute atomic E-state index is 11.6. The lowest BCUT2D eigenvalue weighted by atomic mass is 10.1. The molecule has 0 radical (unpaired) electrons. The third-order valence-electron chi connectivity index (χ3n) is 2.26. The molecular formula is C11H14N2O4S. The molecule has 98 valence electrons. The number of hydrogen-bond acceptors (Lipinski definition) is 4. The maximum atomic E-state index is 11.6. The van der Waals surface area contributed by atoms with E-state index in [4.69, 9.17) is 10.8 Å². The molecule has 0 aliphatic heterocycles. The van der Waals surface area contributed by atoms with Crippen molar-refractivity contribution in [1.29, 1.82) is 0 Å². The Bertz CT molecular complexity index is 430. The second kappa shape index (κ2) is 6.75. The summed E-state index contributed by atoms with van der Waals surface area (Å²) in [5, 5.41) is 14.9. The topological polar surface area (TPSA) is 109 Å². The monoisotopic (exact) mass is 270 g/mol. The van der Waals surface area contributed by atoms with Crippen molar-refractivity contribution in [3.63, 3.8) is 0 Å². The molecule has 1 aromatic heterocycles. The number of carboxylic acid groups (broad SMARTS) is 1. The summed E-state index contributed by atoms with van der Waals surface area (Å²) in [7, 11) is 0. The average molecular weight is 270 g/mol. The van der Waals surface area contributed by atoms with E-state index < -0.39 is 17.9 Å². The molecule has 1 heterocycles. The highest BCUT2D eigenvalue weighted by atomic mass is 32.1. The second-order valence-corrected chi connectivity index (χ2v) is 4.55. The van der Waals surface area contributed by atoms with E-state index in [-0.39, 0.29) is 25.2 Å². The Balaban J connectivity index is 2.47. The fraction of sp³-hybridized carbons (Fsp3) is 0.364. The molecule has 0 aromatic carbocycles. The molecule has 2 amide bonds. The number of thiophene rings is 1. The lowest BCUT2D eigenvalue weighted by molar-refractivity contribution is -0.142. The number of carbonyl (C=O) groups is 3. The molecule has 0 aliphatic rings. The quantitative estimate of drug-likeness (QED) is 0.654. The van der Waals surface area contributed by atoms with Crippen molar-refractivity contribution in [3.05, 3.63) is 22.4 Å². The van der Waals surface area contributed by atoms with Gasteiger partial charge in [-0.3, -0.25) is 9.59 Å². The van der Waals surface area contributed by atoms with E-state index in [0.29, 0.717) is 0 Å². The summed E-state index contributed by atoms with van der Waals surface area (Å²) in [6, 6.07) is 0.715. The zero-order valence-electron chi connectivity index (χ0n) is 9.59. The van der Waals surface area contributed by atoms with Gasteiger partial charge in [0.2, 0.25) is 11.8 Å². The minimum absolute atomic E-state index is 0.0000432. The van der Waals surface area contributed by atoms with Gasteiger partial charge < -0.3 is 16.2 Å². The summed E-state index contributed by atoms with van der Waals surface area (Å²) < 4.78 is 0. The lowest BCUT2D eigenvalue weighted by Gasteiger charge is -2.13. The molecule has 1 aromatic rings. The Kier molecular flexibility index (Phi) is 5.31. The van der Waals surface area contributed by atoms with E-state index in [1.54, 1.807) is 6.07 Å². The molecule has 0 spiro atoms. The van der Waals surface area contributed by atoms with Crippen LogP contribution in [0.3, 0.4) is 0 Å². The van der Waals surface area contributed by atoms with E-state index in [9.17, 15) is 14.4 Å². The maximum Gasteiger partial charge on any atom is 0.326 e. The number of nitrogens with two attached hydrogens (primary N) is 1. The summed E-state index contributed by atoms with van der Waals surface area (Å²) in [6.07, 6.45) is 0.0552. The van der Waals surface area contributed by atoms with Crippen LogP contribution in [0, 0.1) is 0 Å². The summed E-state index contributed by atoms with van der Waals surface area (Å²) in [4.78, 5) is 33.1. The van der Waals surface area contributed by atoms with Gasteiger partial charge in [-0.1, -0.05) is 0 Å². The van der Waals surface area contributed by atoms with Crippen LogP contribution in [0.5, 0.6) is 0 Å². The zero-order valence-corrected chi connectivity index (χ0v) is 10.4. The Labute approximate surface area is 108 Å². The van der Waals surface area contributed by atoms with E-state index in [1.807, 2.05) is 10.8 Å². The first-order chi connectivity index (χ1) is 8.49. The number of carboxylic acids is 1. The summed E-state index contributed by atoms with van der Waals surface area (Å²) >= 11 is 1.46. The smallest absolute Gasteiger partial charge is 0.326 e. The SMILES string of the molecule is NC(=O)CCC(NC(=O)Cc1ccsc1)C(=O)O. The largest absolute Gasteiger partial charge is 0.480 e. The molecule has 1 atom stereocenters. The first-order valence-corrected chi connectivity index (χ1v) is 6.25. The van der Waals surface area contributed by atoms with Crippen LogP contribution >= 0.6 is 11.3 Å². The van der Waals surface area contributed by atoms with Gasteiger partial charge in [-0.25, -0.2) is 4.79 Å². The molecular weight excluding hydrogens is 256 g/mol. The van der Waals surface area contributed by atoms with Gasteiger partial charge in [-0.2, -0.15) is 11.3 Å². The third kappa shape index (κ3) is 4.96. The van der Waals surface area contributed by atoms with Crippen LogP contribution < -0.4 is 11.1 Å². The molecule has 1 unspecified atom stereocenters. The second-order valence-electron chi connectivity index (χ2n) is 3.77. The van der Waals surface area contributed by atoms with Gasteiger partial charge in [-0.05, 0) is 28.8 Å². The number of primary amides is 1. The number of nitrogens with one attached hydrogen (secondary N) is 1. The van der Waals surface area contributed by atoms with Crippen molar-refractivity contribution in [2.24, 2.45) is 5.73 Å². The van der Waals surface area contributed by atoms with Crippen LogP contribution in [0.1, 0.15) is 18.4 Å². The van der Waals surface area contributed by atoms with Gasteiger partial charge in [-0.15, -0.1) is 0 Å². The third-order valence-corrected chi connectivity index (χ3v) is 2.99. The van der Waals surface area contributed by atoms with Gasteiger partial charge in [0.15, 0.2) is 0 Å². The van der Waals surface area contributed by atoms with Crippen LogP contribution in [-0.4, -0.2) is 28.9 Å². The van der Waals surface area contributed by atoms with E-state index >= 15 is 0 Å². The fourth-order valence-corrected chi connectivity index (χ4v) is 2.04. The number of amides is 2. The van der Waals surface area contributed by atoms with Crippen molar-refractivity contribution in [1.82, 2.24) is 5.32 Å². The standard InChI is InChI=1S/C11H14N2O4S/c12-9(14)2-1-8(11(16)17)13-10(15)5-7-3-4-18-6-7/h3-4,6,8H,1-2,5H2,(H2,12,14)(H,13,15)(H,16,17). The Morgan fingerprint density at radius 1 is 1.44 bits per heavy atom. The normalized spacial score (nSPS) is 11.8. The van der Waals surface area contributed by atoms with E-state index in [0.717, 1.165) is 5.56 Å². The molecule has 7 heteroatoms. The minimum atomic E-state index is -1.17. The molecule has 18 heavy (non-hydrogen) atoms. The molecule has 0 saturated heterocycles. The van der Waals surface area contributed by atoms with Crippen LogP contribution in [0.15, 0.2) is 16.8 Å². The van der Waals surface area contributed by atoms with Gasteiger partial charge in [0, 0.05) is 6.42 Å². The van der Waals surface area contributed by atoms with Crippen molar-refractivity contribution in [2.75, 3.05) is 0 Å². The summed E-state index contributed by atoms with van der Waals surface area (Å²) in [6.45, 7) is 0. The van der Waals surface area contributed by atoms with Gasteiger partial charge in [0.25, 0.3) is 0 Å². The number of aliphatic carboxylic acids is 1. The van der Waals surface area contributed by atoms with Crippen molar-refractivity contribution < 1.29 is 19.5 Å². The number of hydrogen-bond donors (Lipinski definition) is 3. The molecule has 0 bridgehead atoms. The highest BCUT2D eigenvalue weighted by molar-refractivity contribution is 7.07. The van der Waals surface area contributed by atoms with Crippen LogP contribution in [0.25, 0.3) is 0 Å². The van der Waals surface area contributed by atoms with Crippen molar-refractivity contribution in [3.8, 4) is 0 Å². The van der Waals surface area contributed by atoms with Crippen LogP contribution in [-0.2, 0) is 20.8 Å². The Morgan fingerprint density at radius 3 is 2.67 bits per heavy atom. The Hall–Kier alpha value is -1.89. The van der Waals surface area contributed by atoms with Gasteiger partial charge in [0.05, 0.1) is 6.42 Å². The molecule has 0 fully saturated rings. The average Bonchev–Trinajstić information content (AvgIpc) is 2.76. The summed E-state index contributed by atoms with van der Waals surface area (Å²) in [5.74, 6) is -2.14. The van der Waals surface area contributed by atoms with Crippen molar-refractivity contribution in [2.45, 2.75) is 25.3 Å². The fourth-order valence-electron chi connectivity index (χ4n) is 1.37. The highest BCUT2D eigenvalue weighted by Crippen LogP contribution is 2.07. The molecule has 1 rings (SSSR count). The first kappa shape index (κ1) is 14.2. The summed E-state index contributed by atoms with van der Waals surface area (Å²) in [5.41, 5.74) is 5.77. The van der Waals surface area contributed by atoms with E-state index in [2.05, 4.69) is 5.32 Å². The molecule has 4 N–H and O–H groups in total. The predicted molar refractivity (Wildman–Crippen MR) is 66.0 cm³/mol. The lowest BCUT2D eigenvalue weighted by Crippen LogP contribution is -2.42. The number of rotatable bonds is 7. The van der Waals surface area contributed by atoms with Crippen LogP contribution in [0.2, 0.25) is 0 Å². The predicted octanol–water partition coefficient (Wildman–Crippen LogP) is 0.125. The Morgan fingerprint density at radius 2 is 2.17 bits per heavy atom. The zero-order chi connectivity index (χ0) is 13.5.